The maximum absolute atomic E-state index is 13.1. The quantitative estimate of drug-likeness (QED) is 0.231. The van der Waals surface area contributed by atoms with E-state index in [0.29, 0.717) is 30.9 Å². The molecule has 0 bridgehead atoms. The van der Waals surface area contributed by atoms with Gasteiger partial charge in [-0.15, -0.1) is 0 Å². The lowest BCUT2D eigenvalue weighted by molar-refractivity contribution is -0.139. The molecule has 2 aromatic rings. The van der Waals surface area contributed by atoms with Crippen molar-refractivity contribution in [1.82, 2.24) is 9.80 Å². The number of aliphatic hydroxyl groups excluding tert-OH is 1. The van der Waals surface area contributed by atoms with Crippen molar-refractivity contribution in [2.75, 3.05) is 40.9 Å². The Morgan fingerprint density at radius 1 is 1.06 bits per heavy atom. The number of aliphatic hydroxyl groups is 1. The van der Waals surface area contributed by atoms with Gasteiger partial charge in [0.05, 0.1) is 25.3 Å². The molecule has 2 aromatic carbocycles. The fourth-order valence-corrected chi connectivity index (χ4v) is 4.02. The number of nitrogens with zero attached hydrogens (tertiary/aromatic N) is 2. The fourth-order valence-electron chi connectivity index (χ4n) is 4.02. The molecule has 1 aliphatic rings. The Balaban J connectivity index is 2.01. The van der Waals surface area contributed by atoms with E-state index in [1.807, 2.05) is 43.3 Å². The minimum absolute atomic E-state index is 0.0859. The van der Waals surface area contributed by atoms with E-state index in [0.717, 1.165) is 30.7 Å². The van der Waals surface area contributed by atoms with Gasteiger partial charge in [-0.25, -0.2) is 0 Å². The van der Waals surface area contributed by atoms with Crippen molar-refractivity contribution < 1.29 is 24.2 Å². The fraction of sp³-hybridized carbons (Fsp3) is 0.407. The van der Waals surface area contributed by atoms with Gasteiger partial charge in [-0.1, -0.05) is 37.6 Å². The Morgan fingerprint density at radius 2 is 1.79 bits per heavy atom. The lowest BCUT2D eigenvalue weighted by Gasteiger charge is -2.26. The van der Waals surface area contributed by atoms with Gasteiger partial charge in [-0.05, 0) is 63.3 Å². The number of carbonyl (C=O) groups is 2. The van der Waals surface area contributed by atoms with Crippen LogP contribution in [0.1, 0.15) is 43.4 Å². The third-order valence-corrected chi connectivity index (χ3v) is 5.85. The molecule has 1 unspecified atom stereocenters. The standard InChI is InChI=1S/C27H34N2O5/c1-5-6-17-34-21-13-11-19(12-14-21)24-23(25(30)20-9-7-10-22(18-20)33-4)26(31)27(32)29(24)16-8-15-28(2)3/h7,9-14,18,24,30H,5-6,8,15-17H2,1-4H3. The van der Waals surface area contributed by atoms with Crippen LogP contribution in [0.5, 0.6) is 11.5 Å². The Hall–Kier alpha value is -3.32. The minimum atomic E-state index is -0.682. The first-order valence-corrected chi connectivity index (χ1v) is 11.7. The lowest BCUT2D eigenvalue weighted by Crippen LogP contribution is -2.32. The van der Waals surface area contributed by atoms with E-state index in [9.17, 15) is 14.7 Å². The highest BCUT2D eigenvalue weighted by Gasteiger charge is 2.45. The first-order chi connectivity index (χ1) is 16.4. The molecule has 34 heavy (non-hydrogen) atoms. The SMILES string of the molecule is CCCCOc1ccc(C2C(=C(O)c3cccc(OC)c3)C(=O)C(=O)N2CCCN(C)C)cc1. The zero-order valence-electron chi connectivity index (χ0n) is 20.4. The number of likely N-dealkylation sites (tertiary alicyclic amines) is 1. The molecule has 1 aliphatic heterocycles. The topological polar surface area (TPSA) is 79.3 Å². The van der Waals surface area contributed by atoms with Gasteiger partial charge in [0.2, 0.25) is 0 Å². The third kappa shape index (κ3) is 5.78. The minimum Gasteiger partial charge on any atom is -0.507 e. The first kappa shape index (κ1) is 25.3. The molecule has 1 heterocycles. The van der Waals surface area contributed by atoms with Crippen LogP contribution < -0.4 is 9.47 Å². The predicted molar refractivity (Wildman–Crippen MR) is 132 cm³/mol. The van der Waals surface area contributed by atoms with Crippen molar-refractivity contribution in [1.29, 1.82) is 0 Å². The van der Waals surface area contributed by atoms with Gasteiger partial charge in [-0.3, -0.25) is 9.59 Å². The number of methoxy groups -OCH3 is 1. The van der Waals surface area contributed by atoms with E-state index >= 15 is 0 Å². The summed E-state index contributed by atoms with van der Waals surface area (Å²) in [6, 6.07) is 13.6. The van der Waals surface area contributed by atoms with Gasteiger partial charge >= 0.3 is 0 Å². The molecule has 0 radical (unpaired) electrons. The average molecular weight is 467 g/mol. The molecule has 0 saturated carbocycles. The van der Waals surface area contributed by atoms with Crippen LogP contribution in [0.15, 0.2) is 54.1 Å². The molecule has 0 spiro atoms. The molecule has 1 amide bonds. The summed E-state index contributed by atoms with van der Waals surface area (Å²) in [5.74, 6) is -0.209. The summed E-state index contributed by atoms with van der Waals surface area (Å²) in [7, 11) is 5.46. The highest BCUT2D eigenvalue weighted by atomic mass is 16.5. The Bertz CT molecular complexity index is 1030. The number of rotatable bonds is 11. The van der Waals surface area contributed by atoms with Crippen molar-refractivity contribution in [3.63, 3.8) is 0 Å². The number of hydrogen-bond acceptors (Lipinski definition) is 6. The maximum atomic E-state index is 13.1. The molecule has 1 N–H and O–H groups in total. The van der Waals surface area contributed by atoms with Gasteiger partial charge in [0, 0.05) is 12.1 Å². The molecule has 1 saturated heterocycles. The number of benzene rings is 2. The van der Waals surface area contributed by atoms with Crippen molar-refractivity contribution >= 4 is 17.4 Å². The molecule has 7 nitrogen and oxygen atoms in total. The number of amides is 1. The van der Waals surface area contributed by atoms with E-state index < -0.39 is 17.7 Å². The largest absolute Gasteiger partial charge is 0.507 e. The molecule has 1 fully saturated rings. The summed E-state index contributed by atoms with van der Waals surface area (Å²) in [5.41, 5.74) is 1.26. The van der Waals surface area contributed by atoms with Crippen LogP contribution in [0.3, 0.4) is 0 Å². The van der Waals surface area contributed by atoms with Crippen LogP contribution in [-0.4, -0.2) is 67.5 Å². The number of ether oxygens (including phenoxy) is 2. The highest BCUT2D eigenvalue weighted by Crippen LogP contribution is 2.40. The first-order valence-electron chi connectivity index (χ1n) is 11.7. The number of unbranched alkanes of at least 4 members (excludes halogenated alkanes) is 1. The zero-order chi connectivity index (χ0) is 24.7. The van der Waals surface area contributed by atoms with Gasteiger partial charge < -0.3 is 24.4 Å². The summed E-state index contributed by atoms with van der Waals surface area (Å²) in [6.45, 7) is 3.91. The van der Waals surface area contributed by atoms with E-state index in [1.54, 1.807) is 29.2 Å². The monoisotopic (exact) mass is 466 g/mol. The summed E-state index contributed by atoms with van der Waals surface area (Å²) in [5, 5.41) is 11.2. The zero-order valence-corrected chi connectivity index (χ0v) is 20.4. The van der Waals surface area contributed by atoms with E-state index in [-0.39, 0.29) is 11.3 Å². The van der Waals surface area contributed by atoms with Crippen LogP contribution in [0.25, 0.3) is 5.76 Å². The number of hydrogen-bond donors (Lipinski definition) is 1. The average Bonchev–Trinajstić information content (AvgIpc) is 3.09. The summed E-state index contributed by atoms with van der Waals surface area (Å²) in [6.07, 6.45) is 2.71. The van der Waals surface area contributed by atoms with Gasteiger partial charge in [-0.2, -0.15) is 0 Å². The van der Waals surface area contributed by atoms with Crippen molar-refractivity contribution in [2.24, 2.45) is 0 Å². The Labute approximate surface area is 201 Å². The van der Waals surface area contributed by atoms with Gasteiger partial charge in [0.15, 0.2) is 0 Å². The molecule has 1 atom stereocenters. The van der Waals surface area contributed by atoms with Gasteiger partial charge in [0.1, 0.15) is 17.3 Å². The van der Waals surface area contributed by atoms with E-state index in [1.165, 1.54) is 7.11 Å². The molecule has 3 rings (SSSR count). The number of ketones is 1. The second kappa shape index (κ2) is 11.7. The molecular weight excluding hydrogens is 432 g/mol. The van der Waals surface area contributed by atoms with Crippen LogP contribution >= 0.6 is 0 Å². The normalized spacial score (nSPS) is 17.4. The van der Waals surface area contributed by atoms with Gasteiger partial charge in [0.25, 0.3) is 11.7 Å². The van der Waals surface area contributed by atoms with Crippen LogP contribution in [0.4, 0.5) is 0 Å². The molecular formula is C27H34N2O5. The van der Waals surface area contributed by atoms with E-state index in [2.05, 4.69) is 6.92 Å². The summed E-state index contributed by atoms with van der Waals surface area (Å²) in [4.78, 5) is 29.8. The number of Topliss-reactive ketones (excluding diaryl/α,β-unsaturated/α-hetero) is 1. The maximum Gasteiger partial charge on any atom is 0.295 e. The molecule has 182 valence electrons. The van der Waals surface area contributed by atoms with Crippen molar-refractivity contribution in [2.45, 2.75) is 32.2 Å². The smallest absolute Gasteiger partial charge is 0.295 e. The highest BCUT2D eigenvalue weighted by molar-refractivity contribution is 6.46. The second-order valence-corrected chi connectivity index (χ2v) is 8.65. The van der Waals surface area contributed by atoms with Crippen LogP contribution in [0.2, 0.25) is 0 Å². The third-order valence-electron chi connectivity index (χ3n) is 5.85. The Kier molecular flexibility index (Phi) is 8.71. The summed E-state index contributed by atoms with van der Waals surface area (Å²) < 4.78 is 11.0. The van der Waals surface area contributed by atoms with Crippen molar-refractivity contribution in [3.05, 3.63) is 65.2 Å². The number of carbonyl (C=O) groups excluding carboxylic acids is 2. The van der Waals surface area contributed by atoms with Crippen LogP contribution in [-0.2, 0) is 9.59 Å². The Morgan fingerprint density at radius 3 is 2.44 bits per heavy atom. The molecule has 0 aromatic heterocycles. The van der Waals surface area contributed by atoms with Crippen LogP contribution in [0, 0.1) is 0 Å². The molecule has 0 aliphatic carbocycles. The summed E-state index contributed by atoms with van der Waals surface area (Å²) >= 11 is 0. The van der Waals surface area contributed by atoms with Crippen molar-refractivity contribution in [3.8, 4) is 11.5 Å². The molecule has 7 heteroatoms. The second-order valence-electron chi connectivity index (χ2n) is 8.65. The van der Waals surface area contributed by atoms with E-state index in [4.69, 9.17) is 9.47 Å². The lowest BCUT2D eigenvalue weighted by atomic mass is 9.95. The predicted octanol–water partition coefficient (Wildman–Crippen LogP) is 4.25.